The maximum Gasteiger partial charge on any atom is 0.289 e. The molecule has 2 amide bonds. The van der Waals surface area contributed by atoms with E-state index in [0.717, 1.165) is 12.8 Å². The van der Waals surface area contributed by atoms with Gasteiger partial charge < -0.3 is 14.2 Å². The highest BCUT2D eigenvalue weighted by Crippen LogP contribution is 2.32. The fraction of sp³-hybridized carbons (Fsp3) is 0.400. The van der Waals surface area contributed by atoms with Crippen LogP contribution in [-0.2, 0) is 0 Å². The second-order valence-electron chi connectivity index (χ2n) is 6.97. The van der Waals surface area contributed by atoms with Gasteiger partial charge in [0.05, 0.1) is 11.8 Å². The first kappa shape index (κ1) is 16.8. The molecule has 0 spiro atoms. The molecule has 2 atom stereocenters. The highest BCUT2D eigenvalue weighted by Gasteiger charge is 2.40. The zero-order chi connectivity index (χ0) is 18.1. The molecule has 1 aromatic heterocycles. The molecule has 6 heteroatoms. The van der Waals surface area contributed by atoms with Crippen LogP contribution in [0.4, 0.5) is 4.39 Å². The summed E-state index contributed by atoms with van der Waals surface area (Å²) in [6, 6.07) is 9.55. The smallest absolute Gasteiger partial charge is 0.289 e. The molecule has 0 saturated carbocycles. The second-order valence-corrected chi connectivity index (χ2v) is 6.97. The van der Waals surface area contributed by atoms with Gasteiger partial charge in [0.1, 0.15) is 5.82 Å². The molecule has 1 aromatic carbocycles. The number of carbonyl (C=O) groups excluding carboxylic acids is 2. The molecule has 2 saturated heterocycles. The molecule has 3 heterocycles. The summed E-state index contributed by atoms with van der Waals surface area (Å²) in [4.78, 5) is 29.0. The van der Waals surface area contributed by atoms with Crippen LogP contribution in [-0.4, -0.2) is 47.3 Å². The Morgan fingerprint density at radius 1 is 1.04 bits per heavy atom. The summed E-state index contributed by atoms with van der Waals surface area (Å²) in [7, 11) is 0. The monoisotopic (exact) mass is 356 g/mol. The summed E-state index contributed by atoms with van der Waals surface area (Å²) in [5.41, 5.74) is 0.127. The fourth-order valence-corrected chi connectivity index (χ4v) is 4.19. The fourth-order valence-electron chi connectivity index (χ4n) is 4.19. The third-order valence-corrected chi connectivity index (χ3v) is 5.45. The van der Waals surface area contributed by atoms with Gasteiger partial charge in [-0.3, -0.25) is 9.59 Å². The van der Waals surface area contributed by atoms with Crippen molar-refractivity contribution in [1.82, 2.24) is 9.80 Å². The molecule has 2 aliphatic rings. The van der Waals surface area contributed by atoms with Gasteiger partial charge in [-0.2, -0.15) is 0 Å². The highest BCUT2D eigenvalue weighted by atomic mass is 19.1. The van der Waals surface area contributed by atoms with E-state index in [4.69, 9.17) is 4.42 Å². The zero-order valence-corrected chi connectivity index (χ0v) is 14.4. The van der Waals surface area contributed by atoms with Crippen LogP contribution in [0.2, 0.25) is 0 Å². The second kappa shape index (κ2) is 6.94. The Labute approximate surface area is 151 Å². The maximum atomic E-state index is 14.0. The van der Waals surface area contributed by atoms with Gasteiger partial charge in [-0.15, -0.1) is 0 Å². The van der Waals surface area contributed by atoms with Crippen molar-refractivity contribution in [2.45, 2.75) is 25.3 Å². The molecule has 0 aliphatic carbocycles. The summed E-state index contributed by atoms with van der Waals surface area (Å²) in [6.45, 7) is 1.81. The molecule has 4 rings (SSSR count). The summed E-state index contributed by atoms with van der Waals surface area (Å²) < 4.78 is 19.3. The molecule has 0 radical (unpaired) electrons. The van der Waals surface area contributed by atoms with Crippen molar-refractivity contribution in [2.24, 2.45) is 5.92 Å². The average Bonchev–Trinajstić information content (AvgIpc) is 3.21. The molecule has 26 heavy (non-hydrogen) atoms. The number of hydrogen-bond acceptors (Lipinski definition) is 3. The third kappa shape index (κ3) is 3.00. The van der Waals surface area contributed by atoms with Gasteiger partial charge in [-0.1, -0.05) is 12.1 Å². The highest BCUT2D eigenvalue weighted by molar-refractivity contribution is 5.95. The molecule has 2 aliphatic heterocycles. The van der Waals surface area contributed by atoms with E-state index < -0.39 is 5.82 Å². The van der Waals surface area contributed by atoms with E-state index in [9.17, 15) is 14.0 Å². The first-order valence-corrected chi connectivity index (χ1v) is 9.03. The Kier molecular flexibility index (Phi) is 4.49. The van der Waals surface area contributed by atoms with Gasteiger partial charge in [-0.05, 0) is 49.4 Å². The normalized spacial score (nSPS) is 22.8. The first-order valence-electron chi connectivity index (χ1n) is 9.03. The predicted octanol–water partition coefficient (Wildman–Crippen LogP) is 3.19. The SMILES string of the molecule is O=C(c1ccco1)N1CC[C@H]2[C@H](CCCN2C(=O)c2ccccc2F)C1. The van der Waals surface area contributed by atoms with Gasteiger partial charge in [-0.25, -0.2) is 4.39 Å². The molecular weight excluding hydrogens is 335 g/mol. The van der Waals surface area contributed by atoms with Gasteiger partial charge in [0.2, 0.25) is 0 Å². The summed E-state index contributed by atoms with van der Waals surface area (Å²) in [6.07, 6.45) is 4.03. The predicted molar refractivity (Wildman–Crippen MR) is 93.2 cm³/mol. The molecule has 0 unspecified atom stereocenters. The number of piperidine rings is 2. The number of halogens is 1. The number of fused-ring (bicyclic) bond motifs is 1. The van der Waals surface area contributed by atoms with E-state index >= 15 is 0 Å². The summed E-state index contributed by atoms with van der Waals surface area (Å²) in [5, 5.41) is 0. The minimum atomic E-state index is -0.481. The molecular formula is C20H21FN2O3. The van der Waals surface area contributed by atoms with Crippen LogP contribution in [0, 0.1) is 11.7 Å². The van der Waals surface area contributed by atoms with Crippen molar-refractivity contribution in [3.05, 3.63) is 59.8 Å². The Balaban J connectivity index is 1.49. The van der Waals surface area contributed by atoms with Crippen LogP contribution in [0.1, 0.15) is 40.2 Å². The standard InChI is InChI=1S/C20H21FN2O3/c21-16-7-2-1-6-15(16)19(24)23-10-3-5-14-13-22(11-9-17(14)23)20(25)18-8-4-12-26-18/h1-2,4,6-8,12,14,17H,3,5,9-11,13H2/t14-,17+/m1/s1. The zero-order valence-electron chi connectivity index (χ0n) is 14.4. The largest absolute Gasteiger partial charge is 0.459 e. The van der Waals surface area contributed by atoms with Crippen LogP contribution in [0.3, 0.4) is 0 Å². The maximum absolute atomic E-state index is 14.0. The average molecular weight is 356 g/mol. The van der Waals surface area contributed by atoms with E-state index in [1.807, 2.05) is 0 Å². The summed E-state index contributed by atoms with van der Waals surface area (Å²) >= 11 is 0. The molecule has 5 nitrogen and oxygen atoms in total. The van der Waals surface area contributed by atoms with Crippen molar-refractivity contribution in [1.29, 1.82) is 0 Å². The lowest BCUT2D eigenvalue weighted by molar-refractivity contribution is 0.0185. The van der Waals surface area contributed by atoms with Crippen molar-refractivity contribution in [2.75, 3.05) is 19.6 Å². The molecule has 2 aromatic rings. The number of carbonyl (C=O) groups is 2. The summed E-state index contributed by atoms with van der Waals surface area (Å²) in [5.74, 6) is -0.273. The Morgan fingerprint density at radius 2 is 1.88 bits per heavy atom. The minimum Gasteiger partial charge on any atom is -0.459 e. The van der Waals surface area contributed by atoms with Crippen LogP contribution in [0.15, 0.2) is 47.1 Å². The van der Waals surface area contributed by atoms with Gasteiger partial charge in [0.15, 0.2) is 5.76 Å². The van der Waals surface area contributed by atoms with Crippen LogP contribution >= 0.6 is 0 Å². The van der Waals surface area contributed by atoms with E-state index in [1.54, 1.807) is 34.1 Å². The van der Waals surface area contributed by atoms with Crippen molar-refractivity contribution in [3.63, 3.8) is 0 Å². The molecule has 136 valence electrons. The Hall–Kier alpha value is -2.63. The van der Waals surface area contributed by atoms with Crippen molar-refractivity contribution >= 4 is 11.8 Å². The van der Waals surface area contributed by atoms with Gasteiger partial charge >= 0.3 is 0 Å². The van der Waals surface area contributed by atoms with Crippen LogP contribution < -0.4 is 0 Å². The minimum absolute atomic E-state index is 0.0523. The molecule has 0 N–H and O–H groups in total. The quantitative estimate of drug-likeness (QED) is 0.830. The van der Waals surface area contributed by atoms with Crippen LogP contribution in [0.5, 0.6) is 0 Å². The topological polar surface area (TPSA) is 53.8 Å². The Morgan fingerprint density at radius 3 is 2.65 bits per heavy atom. The Bertz CT molecular complexity index is 805. The number of rotatable bonds is 2. The van der Waals surface area contributed by atoms with E-state index in [-0.39, 0.29) is 29.3 Å². The van der Waals surface area contributed by atoms with Gasteiger partial charge in [0, 0.05) is 25.7 Å². The van der Waals surface area contributed by atoms with Gasteiger partial charge in [0.25, 0.3) is 11.8 Å². The number of likely N-dealkylation sites (tertiary alicyclic amines) is 2. The lowest BCUT2D eigenvalue weighted by Crippen LogP contribution is -2.56. The molecule has 0 bridgehead atoms. The lowest BCUT2D eigenvalue weighted by atomic mass is 9.83. The number of furan rings is 1. The van der Waals surface area contributed by atoms with E-state index in [1.165, 1.54) is 18.4 Å². The first-order chi connectivity index (χ1) is 12.6. The lowest BCUT2D eigenvalue weighted by Gasteiger charge is -2.47. The van der Waals surface area contributed by atoms with E-state index in [2.05, 4.69) is 0 Å². The molecule has 2 fully saturated rings. The van der Waals surface area contributed by atoms with E-state index in [0.29, 0.717) is 31.8 Å². The third-order valence-electron chi connectivity index (χ3n) is 5.45. The number of nitrogens with zero attached hydrogens (tertiary/aromatic N) is 2. The van der Waals surface area contributed by atoms with Crippen LogP contribution in [0.25, 0.3) is 0 Å². The number of hydrogen-bond donors (Lipinski definition) is 0. The number of amides is 2. The van der Waals surface area contributed by atoms with Crippen molar-refractivity contribution in [3.8, 4) is 0 Å². The van der Waals surface area contributed by atoms with Crippen molar-refractivity contribution < 1.29 is 18.4 Å². The number of benzene rings is 1.